The van der Waals surface area contributed by atoms with Gasteiger partial charge in [-0.25, -0.2) is 0 Å². The van der Waals surface area contributed by atoms with Crippen LogP contribution in [0.4, 0.5) is 0 Å². The van der Waals surface area contributed by atoms with E-state index in [-0.39, 0.29) is 11.8 Å². The molecule has 0 aromatic heterocycles. The second kappa shape index (κ2) is 2.87. The minimum absolute atomic E-state index is 0.138. The molecule has 0 amide bonds. The van der Waals surface area contributed by atoms with Crippen LogP contribution < -0.4 is 0 Å². The van der Waals surface area contributed by atoms with Gasteiger partial charge in [-0.05, 0) is 30.4 Å². The Morgan fingerprint density at radius 2 is 2.15 bits per heavy atom. The maximum absolute atomic E-state index is 10.7. The Morgan fingerprint density at radius 3 is 2.69 bits per heavy atom. The van der Waals surface area contributed by atoms with Crippen molar-refractivity contribution in [1.29, 1.82) is 0 Å². The number of carbonyl (C=O) groups is 1. The minimum Gasteiger partial charge on any atom is -0.481 e. The summed E-state index contributed by atoms with van der Waals surface area (Å²) < 4.78 is 0. The third kappa shape index (κ3) is 1.44. The van der Waals surface area contributed by atoms with Gasteiger partial charge in [-0.15, -0.1) is 0 Å². The molecule has 2 atom stereocenters. The molecule has 0 aliphatic heterocycles. The normalized spacial score (nSPS) is 25.6. The van der Waals surface area contributed by atoms with Crippen LogP contribution >= 0.6 is 0 Å². The van der Waals surface area contributed by atoms with Crippen molar-refractivity contribution in [3.8, 4) is 0 Å². The third-order valence-electron chi connectivity index (χ3n) is 2.70. The van der Waals surface area contributed by atoms with Crippen LogP contribution in [-0.4, -0.2) is 11.1 Å². The molecule has 1 aromatic carbocycles. The first kappa shape index (κ1) is 8.30. The Labute approximate surface area is 77.2 Å². The zero-order valence-corrected chi connectivity index (χ0v) is 7.53. The number of carboxylic acid groups (broad SMARTS) is 1. The summed E-state index contributed by atoms with van der Waals surface area (Å²) in [5.41, 5.74) is 2.41. The van der Waals surface area contributed by atoms with E-state index in [4.69, 9.17) is 5.11 Å². The van der Waals surface area contributed by atoms with Gasteiger partial charge in [0.05, 0.1) is 5.92 Å². The highest BCUT2D eigenvalue weighted by molar-refractivity contribution is 5.75. The SMILES string of the molecule is Cc1ccccc1C1C[C@@H]1C(=O)O. The van der Waals surface area contributed by atoms with Crippen LogP contribution in [0, 0.1) is 12.8 Å². The van der Waals surface area contributed by atoms with Crippen LogP contribution in [0.15, 0.2) is 24.3 Å². The number of hydrogen-bond donors (Lipinski definition) is 1. The molecule has 68 valence electrons. The molecule has 1 saturated carbocycles. The predicted octanol–water partition coefficient (Wildman–Crippen LogP) is 2.18. The second-order valence-electron chi connectivity index (χ2n) is 3.64. The molecule has 2 heteroatoms. The summed E-state index contributed by atoms with van der Waals surface area (Å²) in [5, 5.41) is 8.78. The van der Waals surface area contributed by atoms with Crippen LogP contribution in [0.1, 0.15) is 23.5 Å². The Kier molecular flexibility index (Phi) is 1.83. The fourth-order valence-electron chi connectivity index (χ4n) is 1.81. The van der Waals surface area contributed by atoms with Crippen molar-refractivity contribution in [3.63, 3.8) is 0 Å². The van der Waals surface area contributed by atoms with Crippen molar-refractivity contribution < 1.29 is 9.90 Å². The first-order valence-electron chi connectivity index (χ1n) is 4.48. The first-order chi connectivity index (χ1) is 6.20. The maximum Gasteiger partial charge on any atom is 0.307 e. The molecular weight excluding hydrogens is 164 g/mol. The lowest BCUT2D eigenvalue weighted by atomic mass is 10.0. The van der Waals surface area contributed by atoms with Crippen molar-refractivity contribution >= 4 is 5.97 Å². The fraction of sp³-hybridized carbons (Fsp3) is 0.364. The van der Waals surface area contributed by atoms with Crippen molar-refractivity contribution in [1.82, 2.24) is 0 Å². The van der Waals surface area contributed by atoms with Crippen molar-refractivity contribution in [2.24, 2.45) is 5.92 Å². The molecule has 1 aliphatic carbocycles. The van der Waals surface area contributed by atoms with E-state index in [9.17, 15) is 4.79 Å². The summed E-state index contributed by atoms with van der Waals surface area (Å²) in [6.07, 6.45) is 0.806. The van der Waals surface area contributed by atoms with Crippen molar-refractivity contribution in [3.05, 3.63) is 35.4 Å². The molecule has 0 bridgehead atoms. The number of aliphatic carboxylic acids is 1. The predicted molar refractivity (Wildman–Crippen MR) is 49.7 cm³/mol. The molecule has 1 N–H and O–H groups in total. The molecule has 1 aliphatic rings. The summed E-state index contributed by atoms with van der Waals surface area (Å²) in [4.78, 5) is 10.7. The highest BCUT2D eigenvalue weighted by Gasteiger charge is 2.44. The van der Waals surface area contributed by atoms with E-state index in [1.165, 1.54) is 11.1 Å². The number of carboxylic acids is 1. The quantitative estimate of drug-likeness (QED) is 0.749. The lowest BCUT2D eigenvalue weighted by molar-refractivity contribution is -0.138. The highest BCUT2D eigenvalue weighted by atomic mass is 16.4. The average molecular weight is 176 g/mol. The van der Waals surface area contributed by atoms with Crippen molar-refractivity contribution in [2.75, 3.05) is 0 Å². The number of hydrogen-bond acceptors (Lipinski definition) is 1. The summed E-state index contributed by atoms with van der Waals surface area (Å²) in [6, 6.07) is 8.02. The fourth-order valence-corrected chi connectivity index (χ4v) is 1.81. The number of benzene rings is 1. The lowest BCUT2D eigenvalue weighted by Crippen LogP contribution is -1.99. The molecular formula is C11H12O2. The van der Waals surface area contributed by atoms with E-state index in [1.54, 1.807) is 0 Å². The Bertz CT molecular complexity index is 344. The summed E-state index contributed by atoms with van der Waals surface area (Å²) in [7, 11) is 0. The van der Waals surface area contributed by atoms with Gasteiger partial charge < -0.3 is 5.11 Å². The molecule has 1 fully saturated rings. The minimum atomic E-state index is -0.659. The molecule has 1 aromatic rings. The molecule has 13 heavy (non-hydrogen) atoms. The molecule has 2 nitrogen and oxygen atoms in total. The van der Waals surface area contributed by atoms with E-state index in [1.807, 2.05) is 31.2 Å². The summed E-state index contributed by atoms with van der Waals surface area (Å²) in [5.74, 6) is -0.534. The topological polar surface area (TPSA) is 37.3 Å². The van der Waals surface area contributed by atoms with E-state index in [0.29, 0.717) is 0 Å². The van der Waals surface area contributed by atoms with E-state index in [2.05, 4.69) is 0 Å². The van der Waals surface area contributed by atoms with Gasteiger partial charge in [-0.2, -0.15) is 0 Å². The largest absolute Gasteiger partial charge is 0.481 e. The van der Waals surface area contributed by atoms with Gasteiger partial charge in [0.25, 0.3) is 0 Å². The monoisotopic (exact) mass is 176 g/mol. The van der Waals surface area contributed by atoms with E-state index in [0.717, 1.165) is 6.42 Å². The average Bonchev–Trinajstić information content (AvgIpc) is 2.84. The molecule has 0 radical (unpaired) electrons. The maximum atomic E-state index is 10.7. The van der Waals surface area contributed by atoms with Gasteiger partial charge >= 0.3 is 5.97 Å². The van der Waals surface area contributed by atoms with Crippen molar-refractivity contribution in [2.45, 2.75) is 19.3 Å². The zero-order chi connectivity index (χ0) is 9.42. The highest BCUT2D eigenvalue weighted by Crippen LogP contribution is 2.48. The van der Waals surface area contributed by atoms with E-state index >= 15 is 0 Å². The molecule has 2 rings (SSSR count). The van der Waals surface area contributed by atoms with Gasteiger partial charge in [0.1, 0.15) is 0 Å². The Hall–Kier alpha value is -1.31. The smallest absolute Gasteiger partial charge is 0.307 e. The molecule has 0 heterocycles. The molecule has 1 unspecified atom stereocenters. The van der Waals surface area contributed by atoms with Gasteiger partial charge in [-0.3, -0.25) is 4.79 Å². The summed E-state index contributed by atoms with van der Waals surface area (Å²) in [6.45, 7) is 2.03. The lowest BCUT2D eigenvalue weighted by Gasteiger charge is -2.02. The van der Waals surface area contributed by atoms with Gasteiger partial charge in [-0.1, -0.05) is 24.3 Å². The van der Waals surface area contributed by atoms with Crippen LogP contribution in [0.3, 0.4) is 0 Å². The Balaban J connectivity index is 2.21. The molecule has 0 saturated heterocycles. The number of rotatable bonds is 2. The second-order valence-corrected chi connectivity index (χ2v) is 3.64. The zero-order valence-electron chi connectivity index (χ0n) is 7.53. The standard InChI is InChI=1S/C11H12O2/c1-7-4-2-3-5-8(7)9-6-10(9)11(12)13/h2-5,9-10H,6H2,1H3,(H,12,13)/t9?,10-/m0/s1. The molecule has 0 spiro atoms. The van der Waals surface area contributed by atoms with E-state index < -0.39 is 5.97 Å². The number of aryl methyl sites for hydroxylation is 1. The van der Waals surface area contributed by atoms with Gasteiger partial charge in [0, 0.05) is 0 Å². The van der Waals surface area contributed by atoms with Crippen LogP contribution in [0.2, 0.25) is 0 Å². The van der Waals surface area contributed by atoms with Gasteiger partial charge in [0.2, 0.25) is 0 Å². The Morgan fingerprint density at radius 1 is 1.46 bits per heavy atom. The van der Waals surface area contributed by atoms with Crippen LogP contribution in [-0.2, 0) is 4.79 Å². The summed E-state index contributed by atoms with van der Waals surface area (Å²) >= 11 is 0. The van der Waals surface area contributed by atoms with Crippen LogP contribution in [0.5, 0.6) is 0 Å². The van der Waals surface area contributed by atoms with Crippen LogP contribution in [0.25, 0.3) is 0 Å². The van der Waals surface area contributed by atoms with Gasteiger partial charge in [0.15, 0.2) is 0 Å². The first-order valence-corrected chi connectivity index (χ1v) is 4.48. The third-order valence-corrected chi connectivity index (χ3v) is 2.70.